The van der Waals surface area contributed by atoms with Crippen LogP contribution in [0, 0.1) is 0 Å². The van der Waals surface area contributed by atoms with E-state index < -0.39 is 0 Å². The van der Waals surface area contributed by atoms with Crippen molar-refractivity contribution in [2.75, 3.05) is 19.8 Å². The maximum Gasteiger partial charge on any atom is 0.0466 e. The summed E-state index contributed by atoms with van der Waals surface area (Å²) in [5.41, 5.74) is 0. The Hall–Kier alpha value is -0.0800. The van der Waals surface area contributed by atoms with E-state index in [2.05, 4.69) is 26.1 Å². The van der Waals surface area contributed by atoms with Gasteiger partial charge < -0.3 is 10.1 Å². The Morgan fingerprint density at radius 2 is 1.79 bits per heavy atom. The van der Waals surface area contributed by atoms with Gasteiger partial charge in [-0.05, 0) is 32.7 Å². The van der Waals surface area contributed by atoms with E-state index in [1.54, 1.807) is 0 Å². The summed E-state index contributed by atoms with van der Waals surface area (Å²) >= 11 is 0. The molecule has 0 aliphatic carbocycles. The Balaban J connectivity index is 2.98. The fraction of sp³-hybridized carbons (Fsp3) is 1.00. The van der Waals surface area contributed by atoms with Gasteiger partial charge in [-0.25, -0.2) is 0 Å². The molecule has 0 spiro atoms. The van der Waals surface area contributed by atoms with E-state index in [4.69, 9.17) is 4.74 Å². The van der Waals surface area contributed by atoms with Crippen LogP contribution in [0.2, 0.25) is 0 Å². The Labute approximate surface area is 89.4 Å². The molecule has 1 unspecified atom stereocenters. The lowest BCUT2D eigenvalue weighted by Crippen LogP contribution is -2.25. The topological polar surface area (TPSA) is 21.3 Å². The summed E-state index contributed by atoms with van der Waals surface area (Å²) in [7, 11) is 0. The normalized spacial score (nSPS) is 13.1. The third-order valence-corrected chi connectivity index (χ3v) is 2.37. The zero-order valence-corrected chi connectivity index (χ0v) is 10.1. The Kier molecular flexibility index (Phi) is 10.9. The molecule has 1 N–H and O–H groups in total. The second-order valence-electron chi connectivity index (χ2n) is 3.92. The van der Waals surface area contributed by atoms with Crippen LogP contribution >= 0.6 is 0 Å². The third kappa shape index (κ3) is 10.0. The van der Waals surface area contributed by atoms with Crippen LogP contribution in [0.15, 0.2) is 0 Å². The summed E-state index contributed by atoms with van der Waals surface area (Å²) in [4.78, 5) is 0. The van der Waals surface area contributed by atoms with E-state index in [1.807, 2.05) is 0 Å². The van der Waals surface area contributed by atoms with Gasteiger partial charge in [-0.2, -0.15) is 0 Å². The summed E-state index contributed by atoms with van der Waals surface area (Å²) in [6.07, 6.45) is 6.20. The lowest BCUT2D eigenvalue weighted by molar-refractivity contribution is 0.125. The monoisotopic (exact) mass is 201 g/mol. The fourth-order valence-electron chi connectivity index (χ4n) is 1.50. The highest BCUT2D eigenvalue weighted by Gasteiger charge is 1.98. The third-order valence-electron chi connectivity index (χ3n) is 2.37. The number of ether oxygens (including phenoxy) is 1. The molecule has 0 aromatic heterocycles. The van der Waals surface area contributed by atoms with Crippen LogP contribution in [0.25, 0.3) is 0 Å². The Morgan fingerprint density at radius 3 is 2.43 bits per heavy atom. The molecular weight excluding hydrogens is 174 g/mol. The van der Waals surface area contributed by atoms with Gasteiger partial charge in [0.25, 0.3) is 0 Å². The van der Waals surface area contributed by atoms with Crippen molar-refractivity contribution in [1.29, 1.82) is 0 Å². The smallest absolute Gasteiger partial charge is 0.0466 e. The molecule has 86 valence electrons. The van der Waals surface area contributed by atoms with Crippen LogP contribution < -0.4 is 5.32 Å². The van der Waals surface area contributed by atoms with Gasteiger partial charge >= 0.3 is 0 Å². The van der Waals surface area contributed by atoms with Gasteiger partial charge in [0.1, 0.15) is 0 Å². The van der Waals surface area contributed by atoms with E-state index in [1.165, 1.54) is 32.1 Å². The molecule has 0 aliphatic rings. The van der Waals surface area contributed by atoms with Crippen molar-refractivity contribution >= 4 is 0 Å². The molecule has 0 saturated carbocycles. The lowest BCUT2D eigenvalue weighted by Gasteiger charge is -2.11. The number of rotatable bonds is 10. The van der Waals surface area contributed by atoms with Crippen LogP contribution in [0.5, 0.6) is 0 Å². The van der Waals surface area contributed by atoms with Crippen molar-refractivity contribution in [2.24, 2.45) is 0 Å². The quantitative estimate of drug-likeness (QED) is 0.549. The Bertz CT molecular complexity index is 106. The zero-order valence-electron chi connectivity index (χ0n) is 10.1. The fourth-order valence-corrected chi connectivity index (χ4v) is 1.50. The van der Waals surface area contributed by atoms with Gasteiger partial charge in [0.2, 0.25) is 0 Å². The van der Waals surface area contributed by atoms with Crippen molar-refractivity contribution in [3.63, 3.8) is 0 Å². The van der Waals surface area contributed by atoms with Gasteiger partial charge in [-0.1, -0.05) is 26.7 Å². The molecule has 2 nitrogen and oxygen atoms in total. The van der Waals surface area contributed by atoms with Gasteiger partial charge in [-0.3, -0.25) is 0 Å². The predicted molar refractivity (Wildman–Crippen MR) is 62.7 cm³/mol. The van der Waals surface area contributed by atoms with Gasteiger partial charge in [0, 0.05) is 19.3 Å². The van der Waals surface area contributed by atoms with Crippen LogP contribution in [0.3, 0.4) is 0 Å². The first-order valence-electron chi connectivity index (χ1n) is 6.12. The molecule has 0 amide bonds. The molecule has 0 bridgehead atoms. The molecule has 0 rings (SSSR count). The van der Waals surface area contributed by atoms with Crippen molar-refractivity contribution in [3.05, 3.63) is 0 Å². The van der Waals surface area contributed by atoms with Crippen LogP contribution in [-0.4, -0.2) is 25.8 Å². The molecular formula is C12H27NO. The van der Waals surface area contributed by atoms with Crippen LogP contribution in [-0.2, 0) is 4.74 Å². The standard InChI is InChI=1S/C12H27NO/c1-4-6-7-10-14-11-8-9-12(3)13-5-2/h12-13H,4-11H2,1-3H3. The van der Waals surface area contributed by atoms with Crippen molar-refractivity contribution < 1.29 is 4.74 Å². The molecule has 0 radical (unpaired) electrons. The van der Waals surface area contributed by atoms with E-state index in [0.717, 1.165) is 19.8 Å². The van der Waals surface area contributed by atoms with E-state index >= 15 is 0 Å². The van der Waals surface area contributed by atoms with E-state index in [-0.39, 0.29) is 0 Å². The minimum Gasteiger partial charge on any atom is -0.381 e. The highest BCUT2D eigenvalue weighted by atomic mass is 16.5. The van der Waals surface area contributed by atoms with Crippen molar-refractivity contribution in [1.82, 2.24) is 5.32 Å². The summed E-state index contributed by atoms with van der Waals surface area (Å²) in [5, 5.41) is 3.40. The number of hydrogen-bond donors (Lipinski definition) is 1. The largest absolute Gasteiger partial charge is 0.381 e. The predicted octanol–water partition coefficient (Wildman–Crippen LogP) is 2.97. The van der Waals surface area contributed by atoms with Gasteiger partial charge in [0.05, 0.1) is 0 Å². The molecule has 0 heterocycles. The van der Waals surface area contributed by atoms with Crippen LogP contribution in [0.1, 0.15) is 52.9 Å². The summed E-state index contributed by atoms with van der Waals surface area (Å²) < 4.78 is 5.54. The first kappa shape index (κ1) is 13.9. The molecule has 2 heteroatoms. The summed E-state index contributed by atoms with van der Waals surface area (Å²) in [6, 6.07) is 0.638. The number of unbranched alkanes of at least 4 members (excludes halogenated alkanes) is 2. The molecule has 0 aliphatic heterocycles. The molecule has 14 heavy (non-hydrogen) atoms. The maximum absolute atomic E-state index is 5.54. The summed E-state index contributed by atoms with van der Waals surface area (Å²) in [6.45, 7) is 9.55. The van der Waals surface area contributed by atoms with E-state index in [9.17, 15) is 0 Å². The lowest BCUT2D eigenvalue weighted by atomic mass is 10.2. The van der Waals surface area contributed by atoms with Crippen LogP contribution in [0.4, 0.5) is 0 Å². The second-order valence-corrected chi connectivity index (χ2v) is 3.92. The average molecular weight is 201 g/mol. The highest BCUT2D eigenvalue weighted by Crippen LogP contribution is 1.98. The summed E-state index contributed by atoms with van der Waals surface area (Å²) in [5.74, 6) is 0. The minimum absolute atomic E-state index is 0.638. The molecule has 0 aromatic carbocycles. The molecule has 0 fully saturated rings. The van der Waals surface area contributed by atoms with Crippen molar-refractivity contribution in [3.8, 4) is 0 Å². The second kappa shape index (κ2) is 11.0. The van der Waals surface area contributed by atoms with E-state index in [0.29, 0.717) is 6.04 Å². The Morgan fingerprint density at radius 1 is 1.07 bits per heavy atom. The average Bonchev–Trinajstić information content (AvgIpc) is 2.17. The number of nitrogens with one attached hydrogen (secondary N) is 1. The SMILES string of the molecule is CCCCCOCCCC(C)NCC. The first-order valence-corrected chi connectivity index (χ1v) is 6.12. The highest BCUT2D eigenvalue weighted by molar-refractivity contribution is 4.58. The molecule has 1 atom stereocenters. The number of hydrogen-bond acceptors (Lipinski definition) is 2. The minimum atomic E-state index is 0.638. The van der Waals surface area contributed by atoms with Gasteiger partial charge in [0.15, 0.2) is 0 Å². The maximum atomic E-state index is 5.54. The van der Waals surface area contributed by atoms with Crippen molar-refractivity contribution in [2.45, 2.75) is 58.9 Å². The first-order chi connectivity index (χ1) is 6.81. The zero-order chi connectivity index (χ0) is 10.6. The molecule has 0 saturated heterocycles. The van der Waals surface area contributed by atoms with Gasteiger partial charge in [-0.15, -0.1) is 0 Å². The molecule has 0 aromatic rings.